The van der Waals surface area contributed by atoms with E-state index in [4.69, 9.17) is 14.6 Å². The molecule has 1 heterocycles. The minimum Gasteiger partial charge on any atom is -0.495 e. The van der Waals surface area contributed by atoms with Gasteiger partial charge in [0.2, 0.25) is 0 Å². The molecule has 1 aromatic heterocycles. The minimum atomic E-state index is -1.02. The van der Waals surface area contributed by atoms with E-state index in [0.29, 0.717) is 12.8 Å². The van der Waals surface area contributed by atoms with E-state index in [9.17, 15) is 15.0 Å². The number of hydrogen-bond donors (Lipinski definition) is 3. The summed E-state index contributed by atoms with van der Waals surface area (Å²) in [6.45, 7) is 1.83. The number of aliphatic hydroxyl groups is 2. The van der Waals surface area contributed by atoms with Crippen LogP contribution in [0.1, 0.15) is 29.0 Å². The number of hydrogen-bond acceptors (Lipinski definition) is 6. The van der Waals surface area contributed by atoms with Gasteiger partial charge < -0.3 is 24.8 Å². The van der Waals surface area contributed by atoms with Crippen molar-refractivity contribution >= 4 is 33.2 Å². The Morgan fingerprint density at radius 3 is 2.93 bits per heavy atom. The van der Waals surface area contributed by atoms with Gasteiger partial charge in [0.05, 0.1) is 25.1 Å². The fraction of sp³-hybridized carbons (Fsp3) is 0.550. The lowest BCUT2D eigenvalue weighted by Crippen LogP contribution is -2.26. The lowest BCUT2D eigenvalue weighted by atomic mass is 10.0. The second kappa shape index (κ2) is 11.7. The van der Waals surface area contributed by atoms with Crippen LogP contribution in [0.25, 0.3) is 0 Å². The van der Waals surface area contributed by atoms with Gasteiger partial charge in [0, 0.05) is 20.1 Å². The van der Waals surface area contributed by atoms with Gasteiger partial charge in [-0.15, -0.1) is 11.3 Å². The van der Waals surface area contributed by atoms with Crippen LogP contribution in [0.4, 0.5) is 0 Å². The lowest BCUT2D eigenvalue weighted by molar-refractivity contribution is -0.141. The van der Waals surface area contributed by atoms with Crippen LogP contribution < -0.4 is 0 Å². The van der Waals surface area contributed by atoms with Crippen LogP contribution in [0.15, 0.2) is 35.0 Å². The topological polar surface area (TPSA) is 96.2 Å². The van der Waals surface area contributed by atoms with Gasteiger partial charge in [-0.05, 0) is 60.7 Å². The molecule has 0 amide bonds. The van der Waals surface area contributed by atoms with E-state index in [1.165, 1.54) is 16.0 Å². The van der Waals surface area contributed by atoms with Gasteiger partial charge in [0.1, 0.15) is 12.7 Å². The van der Waals surface area contributed by atoms with Gasteiger partial charge in [-0.3, -0.25) is 0 Å². The zero-order valence-corrected chi connectivity index (χ0v) is 18.2. The molecule has 0 saturated heterocycles. The largest absolute Gasteiger partial charge is 0.495 e. The maximum absolute atomic E-state index is 10.4. The molecule has 156 valence electrons. The number of ether oxygens (including phenoxy) is 2. The highest BCUT2D eigenvalue weighted by atomic mass is 79.9. The summed E-state index contributed by atoms with van der Waals surface area (Å²) >= 11 is 5.24. The molecular formula is C20H27BrO6S. The Morgan fingerprint density at radius 2 is 2.25 bits per heavy atom. The average Bonchev–Trinajstić information content (AvgIpc) is 3.16. The first-order chi connectivity index (χ1) is 13.4. The Morgan fingerprint density at radius 1 is 1.46 bits per heavy atom. The zero-order valence-electron chi connectivity index (χ0n) is 15.8. The standard InChI is InChI=1S/C20H27BrO6S/c1-13-17(21)11-16(28-13)7-6-15(22)5-3-14-4-8-18(23)20(14)27-10-2-9-26-12-19(24)25/h2-3,5,10-11,14-15,18,20,22-23H,4,6-9,12H2,1H3,(H,24,25)/t14-,15+,18?,20+/m0/s1. The molecule has 3 N–H and O–H groups in total. The molecule has 28 heavy (non-hydrogen) atoms. The van der Waals surface area contributed by atoms with Crippen LogP contribution in [-0.4, -0.2) is 52.8 Å². The van der Waals surface area contributed by atoms with Gasteiger partial charge in [-0.2, -0.15) is 0 Å². The Kier molecular flexibility index (Phi) is 9.67. The Balaban J connectivity index is 1.76. The van der Waals surface area contributed by atoms with Crippen molar-refractivity contribution in [1.29, 1.82) is 0 Å². The van der Waals surface area contributed by atoms with Crippen LogP contribution in [-0.2, 0) is 20.7 Å². The average molecular weight is 475 g/mol. The van der Waals surface area contributed by atoms with E-state index in [1.807, 2.05) is 6.08 Å². The van der Waals surface area contributed by atoms with E-state index >= 15 is 0 Å². The molecule has 6 nitrogen and oxygen atoms in total. The summed E-state index contributed by atoms with van der Waals surface area (Å²) in [4.78, 5) is 12.8. The fourth-order valence-electron chi connectivity index (χ4n) is 3.07. The van der Waals surface area contributed by atoms with Crippen molar-refractivity contribution in [2.75, 3.05) is 13.2 Å². The second-order valence-electron chi connectivity index (χ2n) is 6.80. The summed E-state index contributed by atoms with van der Waals surface area (Å²) in [5, 5.41) is 28.8. The van der Waals surface area contributed by atoms with Crippen LogP contribution >= 0.6 is 27.3 Å². The zero-order chi connectivity index (χ0) is 20.5. The van der Waals surface area contributed by atoms with Crippen molar-refractivity contribution in [3.63, 3.8) is 0 Å². The third-order valence-corrected chi connectivity index (χ3v) is 6.74. The van der Waals surface area contributed by atoms with Crippen molar-refractivity contribution in [2.45, 2.75) is 50.9 Å². The smallest absolute Gasteiger partial charge is 0.329 e. The first-order valence-corrected chi connectivity index (χ1v) is 10.9. The maximum Gasteiger partial charge on any atom is 0.329 e. The van der Waals surface area contributed by atoms with Gasteiger partial charge in [-0.1, -0.05) is 12.2 Å². The number of carboxylic acid groups (broad SMARTS) is 1. The molecule has 0 bridgehead atoms. The number of carbonyl (C=O) groups is 1. The number of halogens is 1. The highest BCUT2D eigenvalue weighted by molar-refractivity contribution is 9.10. The van der Waals surface area contributed by atoms with Gasteiger partial charge in [0.15, 0.2) is 0 Å². The van der Waals surface area contributed by atoms with Gasteiger partial charge in [-0.25, -0.2) is 4.79 Å². The summed E-state index contributed by atoms with van der Waals surface area (Å²) in [6, 6.07) is 2.10. The fourth-order valence-corrected chi connectivity index (χ4v) is 4.69. The third-order valence-electron chi connectivity index (χ3n) is 4.54. The van der Waals surface area contributed by atoms with Crippen LogP contribution in [0.2, 0.25) is 0 Å². The number of rotatable bonds is 11. The van der Waals surface area contributed by atoms with Gasteiger partial charge in [0.25, 0.3) is 0 Å². The number of carboxylic acids is 1. The number of aryl methyl sites for hydroxylation is 2. The molecule has 8 heteroatoms. The van der Waals surface area contributed by atoms with E-state index in [-0.39, 0.29) is 25.2 Å². The predicted molar refractivity (Wildman–Crippen MR) is 111 cm³/mol. The molecule has 1 unspecified atom stereocenters. The monoisotopic (exact) mass is 474 g/mol. The molecule has 0 aliphatic heterocycles. The van der Waals surface area contributed by atoms with E-state index in [1.54, 1.807) is 23.5 Å². The highest BCUT2D eigenvalue weighted by Gasteiger charge is 2.34. The quantitative estimate of drug-likeness (QED) is 0.258. The third kappa shape index (κ3) is 7.67. The summed E-state index contributed by atoms with van der Waals surface area (Å²) in [7, 11) is 0. The van der Waals surface area contributed by atoms with Crippen molar-refractivity contribution in [3.05, 3.63) is 44.8 Å². The molecule has 0 aromatic carbocycles. The van der Waals surface area contributed by atoms with Crippen molar-refractivity contribution < 1.29 is 29.6 Å². The van der Waals surface area contributed by atoms with Crippen LogP contribution in [0, 0.1) is 12.8 Å². The molecule has 4 atom stereocenters. The first-order valence-electron chi connectivity index (χ1n) is 9.26. The van der Waals surface area contributed by atoms with E-state index < -0.39 is 18.2 Å². The molecule has 1 fully saturated rings. The SMILES string of the molecule is Cc1sc(CC[C@H](O)C=C[C@H]2CCC(O)[C@@H]2OC=CCOCC(=O)O)cc1Br. The normalized spacial score (nSPS) is 23.6. The van der Waals surface area contributed by atoms with Gasteiger partial charge >= 0.3 is 5.97 Å². The van der Waals surface area contributed by atoms with Crippen molar-refractivity contribution in [1.82, 2.24) is 0 Å². The van der Waals surface area contributed by atoms with Crippen LogP contribution in [0.5, 0.6) is 0 Å². The highest BCUT2D eigenvalue weighted by Crippen LogP contribution is 2.31. The minimum absolute atomic E-state index is 0.0207. The first kappa shape index (κ1) is 23.1. The summed E-state index contributed by atoms with van der Waals surface area (Å²) in [5.74, 6) is -1.00. The Hall–Kier alpha value is -1.19. The molecule has 0 radical (unpaired) electrons. The maximum atomic E-state index is 10.4. The number of aliphatic hydroxyl groups excluding tert-OH is 2. The molecule has 0 spiro atoms. The molecule has 1 aliphatic carbocycles. The van der Waals surface area contributed by atoms with E-state index in [2.05, 4.69) is 28.9 Å². The Bertz CT molecular complexity index is 667. The molecule has 1 aromatic rings. The molecule has 2 rings (SSSR count). The lowest BCUT2D eigenvalue weighted by Gasteiger charge is -2.19. The molecular weight excluding hydrogens is 448 g/mol. The predicted octanol–water partition coefficient (Wildman–Crippen LogP) is 3.44. The summed E-state index contributed by atoms with van der Waals surface area (Å²) in [5.41, 5.74) is 0. The number of aliphatic carboxylic acids is 1. The second-order valence-corrected chi connectivity index (χ2v) is 8.99. The number of thiophene rings is 1. The molecule has 1 aliphatic rings. The van der Waals surface area contributed by atoms with Crippen LogP contribution in [0.3, 0.4) is 0 Å². The van der Waals surface area contributed by atoms with Crippen molar-refractivity contribution in [2.24, 2.45) is 5.92 Å². The molecule has 1 saturated carbocycles. The summed E-state index contributed by atoms with van der Waals surface area (Å²) in [6.07, 6.45) is 8.12. The van der Waals surface area contributed by atoms with E-state index in [0.717, 1.165) is 17.3 Å². The summed E-state index contributed by atoms with van der Waals surface area (Å²) < 4.78 is 11.6. The van der Waals surface area contributed by atoms with Crippen molar-refractivity contribution in [3.8, 4) is 0 Å². The Labute approximate surface area is 177 Å².